The smallest absolute Gasteiger partial charge is 0.257 e. The molecule has 2 aromatic heterocycles. The van der Waals surface area contributed by atoms with E-state index in [-0.39, 0.29) is 22.1 Å². The Balaban J connectivity index is 1.37. The van der Waals surface area contributed by atoms with E-state index in [0.29, 0.717) is 23.6 Å². The van der Waals surface area contributed by atoms with Crippen LogP contribution in [0.25, 0.3) is 11.0 Å². The molecule has 2 aromatic carbocycles. The Morgan fingerprint density at radius 2 is 1.81 bits per heavy atom. The minimum absolute atomic E-state index is 0.0303. The first-order valence-electron chi connectivity index (χ1n) is 11.5. The number of amides is 3. The molecule has 0 atom stereocenters. The Hall–Kier alpha value is -4.17. The number of hydrogen-bond acceptors (Lipinski definition) is 4. The molecule has 3 heterocycles. The van der Waals surface area contributed by atoms with Crippen LogP contribution in [0.2, 0.25) is 5.02 Å². The maximum Gasteiger partial charge on any atom is 0.257 e. The molecule has 8 nitrogen and oxygen atoms in total. The van der Waals surface area contributed by atoms with Gasteiger partial charge >= 0.3 is 0 Å². The van der Waals surface area contributed by atoms with Gasteiger partial charge in [0.05, 0.1) is 27.9 Å². The summed E-state index contributed by atoms with van der Waals surface area (Å²) >= 11 is 6.29. The van der Waals surface area contributed by atoms with Crippen LogP contribution < -0.4 is 15.5 Å². The van der Waals surface area contributed by atoms with Gasteiger partial charge in [-0.1, -0.05) is 11.6 Å². The number of likely N-dealkylation sites (N-methyl/N-ethyl adjacent to an activating group) is 1. The summed E-state index contributed by atoms with van der Waals surface area (Å²) in [6.07, 6.45) is 3.31. The molecule has 5 rings (SSSR count). The van der Waals surface area contributed by atoms with Crippen LogP contribution in [0.3, 0.4) is 0 Å². The van der Waals surface area contributed by atoms with Crippen LogP contribution in [0.5, 0.6) is 0 Å². The second-order valence-electron chi connectivity index (χ2n) is 9.15. The number of aromatic amines is 1. The highest BCUT2D eigenvalue weighted by Crippen LogP contribution is 2.42. The highest BCUT2D eigenvalue weighted by molar-refractivity contribution is 6.34. The van der Waals surface area contributed by atoms with Crippen molar-refractivity contribution in [1.29, 1.82) is 0 Å². The monoisotopic (exact) mass is 501 g/mol. The van der Waals surface area contributed by atoms with Crippen molar-refractivity contribution in [3.8, 4) is 0 Å². The predicted molar refractivity (Wildman–Crippen MR) is 141 cm³/mol. The zero-order chi connectivity index (χ0) is 25.6. The van der Waals surface area contributed by atoms with Crippen LogP contribution in [0.4, 0.5) is 17.1 Å². The van der Waals surface area contributed by atoms with E-state index in [2.05, 4.69) is 20.6 Å². The van der Waals surface area contributed by atoms with E-state index in [1.165, 1.54) is 12.1 Å². The average Bonchev–Trinajstić information content (AvgIpc) is 3.39. The van der Waals surface area contributed by atoms with Gasteiger partial charge < -0.3 is 20.5 Å². The van der Waals surface area contributed by atoms with Crippen LogP contribution in [-0.2, 0) is 10.2 Å². The molecule has 0 bridgehead atoms. The van der Waals surface area contributed by atoms with Gasteiger partial charge in [0, 0.05) is 35.1 Å². The van der Waals surface area contributed by atoms with Gasteiger partial charge in [0.1, 0.15) is 5.65 Å². The lowest BCUT2D eigenvalue weighted by atomic mass is 9.86. The molecular formula is C27H24ClN5O3. The number of anilines is 3. The normalized spacial score (nSPS) is 14.1. The van der Waals surface area contributed by atoms with Crippen molar-refractivity contribution in [3.05, 3.63) is 82.6 Å². The van der Waals surface area contributed by atoms with Crippen molar-refractivity contribution in [2.24, 2.45) is 0 Å². The molecule has 0 saturated heterocycles. The predicted octanol–water partition coefficient (Wildman–Crippen LogP) is 5.37. The maximum absolute atomic E-state index is 13.0. The molecule has 0 saturated carbocycles. The van der Waals surface area contributed by atoms with Gasteiger partial charge in [-0.2, -0.15) is 0 Å². The van der Waals surface area contributed by atoms with Crippen molar-refractivity contribution < 1.29 is 14.4 Å². The molecule has 3 amide bonds. The number of H-pyrrole nitrogens is 1. The molecule has 0 spiro atoms. The summed E-state index contributed by atoms with van der Waals surface area (Å²) in [4.78, 5) is 47.7. The summed E-state index contributed by atoms with van der Waals surface area (Å²) in [5, 5.41) is 6.72. The summed E-state index contributed by atoms with van der Waals surface area (Å²) in [7, 11) is 0. The number of pyridine rings is 1. The van der Waals surface area contributed by atoms with Crippen molar-refractivity contribution in [1.82, 2.24) is 9.97 Å². The zero-order valence-electron chi connectivity index (χ0n) is 20.0. The summed E-state index contributed by atoms with van der Waals surface area (Å²) in [6, 6.07) is 13.6. The Morgan fingerprint density at radius 3 is 2.58 bits per heavy atom. The van der Waals surface area contributed by atoms with Crippen LogP contribution in [0.15, 0.2) is 60.9 Å². The van der Waals surface area contributed by atoms with Gasteiger partial charge in [-0.25, -0.2) is 4.98 Å². The van der Waals surface area contributed by atoms with Crippen LogP contribution in [0, 0.1) is 0 Å². The molecule has 0 fully saturated rings. The fourth-order valence-electron chi connectivity index (χ4n) is 4.48. The largest absolute Gasteiger partial charge is 0.346 e. The summed E-state index contributed by atoms with van der Waals surface area (Å²) in [5.41, 5.74) is 3.24. The zero-order valence-corrected chi connectivity index (χ0v) is 20.7. The van der Waals surface area contributed by atoms with Crippen molar-refractivity contribution >= 4 is 57.4 Å². The number of halogens is 1. The minimum atomic E-state index is -0.685. The standard InChI is InChI=1S/C27H24ClN5O3/c1-4-33-22-8-6-17(13-20(22)27(2,3)26(33)36)31-24(34)16-5-7-21(28)19(12-16)25(35)32-18-11-15-9-10-29-23(15)30-14-18/h5-14H,4H2,1-3H3,(H,29,30)(H,31,34)(H,32,35). The number of fused-ring (bicyclic) bond motifs is 2. The van der Waals surface area contributed by atoms with Gasteiger partial charge in [-0.05, 0) is 74.9 Å². The molecule has 1 aliphatic rings. The van der Waals surface area contributed by atoms with E-state index in [1.54, 1.807) is 35.5 Å². The Labute approximate surface area is 212 Å². The second kappa shape index (κ2) is 8.80. The highest BCUT2D eigenvalue weighted by Gasteiger charge is 2.43. The van der Waals surface area contributed by atoms with Gasteiger partial charge in [0.25, 0.3) is 11.8 Å². The molecule has 3 N–H and O–H groups in total. The van der Waals surface area contributed by atoms with Gasteiger partial charge in [0.2, 0.25) is 5.91 Å². The molecular weight excluding hydrogens is 478 g/mol. The van der Waals surface area contributed by atoms with Crippen LogP contribution in [0.1, 0.15) is 47.1 Å². The maximum atomic E-state index is 13.0. The van der Waals surface area contributed by atoms with Crippen molar-refractivity contribution in [2.45, 2.75) is 26.2 Å². The molecule has 182 valence electrons. The third-order valence-electron chi connectivity index (χ3n) is 6.45. The van der Waals surface area contributed by atoms with E-state index in [1.807, 2.05) is 39.0 Å². The first-order valence-corrected chi connectivity index (χ1v) is 11.9. The average molecular weight is 502 g/mol. The van der Waals surface area contributed by atoms with E-state index in [0.717, 1.165) is 16.6 Å². The van der Waals surface area contributed by atoms with Crippen molar-refractivity contribution in [2.75, 3.05) is 22.1 Å². The summed E-state index contributed by atoms with van der Waals surface area (Å²) in [6.45, 7) is 6.26. The number of nitrogens with zero attached hydrogens (tertiary/aromatic N) is 2. The van der Waals surface area contributed by atoms with Crippen molar-refractivity contribution in [3.63, 3.8) is 0 Å². The van der Waals surface area contributed by atoms with E-state index in [9.17, 15) is 14.4 Å². The van der Waals surface area contributed by atoms with Crippen LogP contribution >= 0.6 is 11.6 Å². The number of carbonyl (C=O) groups is 3. The lowest BCUT2D eigenvalue weighted by Crippen LogP contribution is -2.35. The number of hydrogen-bond donors (Lipinski definition) is 3. The first kappa shape index (κ1) is 23.6. The lowest BCUT2D eigenvalue weighted by molar-refractivity contribution is -0.122. The summed E-state index contributed by atoms with van der Waals surface area (Å²) < 4.78 is 0. The van der Waals surface area contributed by atoms with E-state index >= 15 is 0 Å². The lowest BCUT2D eigenvalue weighted by Gasteiger charge is -2.18. The van der Waals surface area contributed by atoms with Gasteiger partial charge in [-0.15, -0.1) is 0 Å². The molecule has 1 aliphatic heterocycles. The molecule has 0 radical (unpaired) electrons. The molecule has 4 aromatic rings. The Morgan fingerprint density at radius 1 is 1.03 bits per heavy atom. The number of carbonyl (C=O) groups excluding carboxylic acids is 3. The molecule has 36 heavy (non-hydrogen) atoms. The van der Waals surface area contributed by atoms with E-state index in [4.69, 9.17) is 11.6 Å². The fourth-order valence-corrected chi connectivity index (χ4v) is 4.68. The Kier molecular flexibility index (Phi) is 5.76. The third-order valence-corrected chi connectivity index (χ3v) is 6.78. The quantitative estimate of drug-likeness (QED) is 0.342. The van der Waals surface area contributed by atoms with Gasteiger partial charge in [-0.3, -0.25) is 14.4 Å². The second-order valence-corrected chi connectivity index (χ2v) is 9.56. The molecule has 0 unspecified atom stereocenters. The number of aromatic nitrogens is 2. The minimum Gasteiger partial charge on any atom is -0.346 e. The SMILES string of the molecule is CCN1C(=O)C(C)(C)c2cc(NC(=O)c3ccc(Cl)c(C(=O)Nc4cnc5[nH]ccc5c4)c3)ccc21. The molecule has 0 aliphatic carbocycles. The number of rotatable bonds is 5. The van der Waals surface area contributed by atoms with E-state index < -0.39 is 17.2 Å². The number of benzene rings is 2. The van der Waals surface area contributed by atoms with Crippen LogP contribution in [-0.4, -0.2) is 34.2 Å². The Bertz CT molecular complexity index is 1540. The summed E-state index contributed by atoms with van der Waals surface area (Å²) in [5.74, 6) is -0.822. The molecule has 9 heteroatoms. The topological polar surface area (TPSA) is 107 Å². The third kappa shape index (κ3) is 3.99. The first-order chi connectivity index (χ1) is 17.2. The number of nitrogens with one attached hydrogen (secondary N) is 3. The fraction of sp³-hybridized carbons (Fsp3) is 0.185. The van der Waals surface area contributed by atoms with Gasteiger partial charge in [0.15, 0.2) is 0 Å². The highest BCUT2D eigenvalue weighted by atomic mass is 35.5.